The molecule has 8 nitrogen and oxygen atoms in total. The van der Waals surface area contributed by atoms with Crippen LogP contribution in [-0.2, 0) is 4.79 Å². The maximum atomic E-state index is 10.8. The standard InChI is InChI=1S/C7H10N4O4/c8-6(13)5-11(3-4-12)2-1-9-7(11)10(14)15/h1-2,12H,3-5H2,(H-,8,13)/p+1. The fourth-order valence-corrected chi connectivity index (χ4v) is 1.45. The molecule has 82 valence electrons. The molecule has 0 radical (unpaired) electrons. The lowest BCUT2D eigenvalue weighted by molar-refractivity contribution is -0.814. The third-order valence-corrected chi connectivity index (χ3v) is 2.04. The Bertz CT molecular complexity index is 351. The van der Waals surface area contributed by atoms with Gasteiger partial charge >= 0.3 is 5.96 Å². The van der Waals surface area contributed by atoms with Gasteiger partial charge < -0.3 is 21.0 Å². The lowest BCUT2D eigenvalue weighted by Crippen LogP contribution is -2.55. The van der Waals surface area contributed by atoms with E-state index < -0.39 is 21.3 Å². The van der Waals surface area contributed by atoms with E-state index in [2.05, 4.69) is 4.99 Å². The summed E-state index contributed by atoms with van der Waals surface area (Å²) >= 11 is 0. The summed E-state index contributed by atoms with van der Waals surface area (Å²) in [6, 6.07) is 0. The molecule has 3 N–H and O–H groups in total. The molecule has 0 saturated heterocycles. The Kier molecular flexibility index (Phi) is 3.12. The molecule has 0 aromatic rings. The number of carbonyl (C=O) groups is 1. The van der Waals surface area contributed by atoms with Crippen LogP contribution in [0, 0.1) is 10.1 Å². The molecule has 0 aliphatic carbocycles. The zero-order valence-electron chi connectivity index (χ0n) is 7.87. The number of hydrogen-bond acceptors (Lipinski definition) is 5. The first kappa shape index (κ1) is 11.3. The van der Waals surface area contributed by atoms with Gasteiger partial charge in [-0.1, -0.05) is 0 Å². The van der Waals surface area contributed by atoms with Crippen molar-refractivity contribution in [3.8, 4) is 0 Å². The summed E-state index contributed by atoms with van der Waals surface area (Å²) in [6.07, 6.45) is 2.61. The van der Waals surface area contributed by atoms with Crippen molar-refractivity contribution in [3.63, 3.8) is 0 Å². The first-order valence-corrected chi connectivity index (χ1v) is 4.18. The van der Waals surface area contributed by atoms with E-state index in [0.29, 0.717) is 0 Å². The molecule has 0 bridgehead atoms. The predicted octanol–water partition coefficient (Wildman–Crippen LogP) is -1.60. The minimum Gasteiger partial charge on any atom is -0.390 e. The van der Waals surface area contributed by atoms with Gasteiger partial charge in [0.05, 0.1) is 6.61 Å². The van der Waals surface area contributed by atoms with Crippen LogP contribution in [0.2, 0.25) is 0 Å². The summed E-state index contributed by atoms with van der Waals surface area (Å²) in [5.41, 5.74) is 5.00. The Hall–Kier alpha value is -1.80. The van der Waals surface area contributed by atoms with Gasteiger partial charge in [0.1, 0.15) is 6.54 Å². The number of nitro groups is 1. The van der Waals surface area contributed by atoms with Crippen LogP contribution in [0.4, 0.5) is 0 Å². The Morgan fingerprint density at radius 2 is 2.40 bits per heavy atom. The van der Waals surface area contributed by atoms with E-state index in [1.165, 1.54) is 12.4 Å². The van der Waals surface area contributed by atoms with E-state index in [4.69, 9.17) is 10.8 Å². The van der Waals surface area contributed by atoms with Gasteiger partial charge in [-0.25, -0.2) is 0 Å². The first-order chi connectivity index (χ1) is 7.02. The van der Waals surface area contributed by atoms with Crippen molar-refractivity contribution >= 4 is 11.9 Å². The van der Waals surface area contributed by atoms with Gasteiger partial charge in [0.25, 0.3) is 5.91 Å². The highest BCUT2D eigenvalue weighted by atomic mass is 16.6. The molecule has 0 aromatic heterocycles. The molecular weight excluding hydrogens is 204 g/mol. The van der Waals surface area contributed by atoms with Gasteiger partial charge in [0.15, 0.2) is 18.9 Å². The van der Waals surface area contributed by atoms with E-state index in [9.17, 15) is 14.9 Å². The molecule has 0 spiro atoms. The average molecular weight is 215 g/mol. The van der Waals surface area contributed by atoms with Crippen molar-refractivity contribution < 1.29 is 19.3 Å². The molecule has 8 heteroatoms. The van der Waals surface area contributed by atoms with E-state index in [0.717, 1.165) is 0 Å². The number of primary amides is 1. The molecule has 1 rings (SSSR count). The molecule has 1 heterocycles. The third kappa shape index (κ3) is 2.17. The number of nitrogens with two attached hydrogens (primary N) is 1. The summed E-state index contributed by atoms with van der Waals surface area (Å²) in [5.74, 6) is -1.09. The van der Waals surface area contributed by atoms with Crippen molar-refractivity contribution in [3.05, 3.63) is 22.5 Å². The molecule has 1 aliphatic rings. The normalized spacial score (nSPS) is 23.9. The molecule has 0 fully saturated rings. The maximum Gasteiger partial charge on any atom is 0.543 e. The fraction of sp³-hybridized carbons (Fsp3) is 0.429. The number of hydrogen-bond donors (Lipinski definition) is 2. The largest absolute Gasteiger partial charge is 0.543 e. The van der Waals surface area contributed by atoms with E-state index in [1.54, 1.807) is 0 Å². The van der Waals surface area contributed by atoms with Crippen LogP contribution in [-0.4, -0.2) is 46.1 Å². The van der Waals surface area contributed by atoms with Crippen molar-refractivity contribution in [1.82, 2.24) is 0 Å². The molecule has 1 atom stereocenters. The fourth-order valence-electron chi connectivity index (χ4n) is 1.45. The van der Waals surface area contributed by atoms with Gasteiger partial charge in [-0.05, 0) is 0 Å². The van der Waals surface area contributed by atoms with Crippen LogP contribution in [0.15, 0.2) is 17.4 Å². The predicted molar refractivity (Wildman–Crippen MR) is 49.8 cm³/mol. The van der Waals surface area contributed by atoms with Gasteiger partial charge in [-0.2, -0.15) is 4.48 Å². The number of aliphatic imine (C=N–C) groups is 1. The third-order valence-electron chi connectivity index (χ3n) is 2.04. The molecule has 1 amide bonds. The second kappa shape index (κ2) is 4.15. The van der Waals surface area contributed by atoms with Crippen molar-refractivity contribution in [2.45, 2.75) is 0 Å². The monoisotopic (exact) mass is 215 g/mol. The zero-order valence-corrected chi connectivity index (χ0v) is 7.87. The molecule has 0 saturated carbocycles. The van der Waals surface area contributed by atoms with Gasteiger partial charge in [0.2, 0.25) is 0 Å². The molecule has 15 heavy (non-hydrogen) atoms. The minimum absolute atomic E-state index is 0.000741. The maximum absolute atomic E-state index is 10.8. The number of guanidine groups is 1. The van der Waals surface area contributed by atoms with Gasteiger partial charge in [-0.15, -0.1) is 0 Å². The second-order valence-electron chi connectivity index (χ2n) is 3.09. The zero-order chi connectivity index (χ0) is 11.5. The Morgan fingerprint density at radius 3 is 2.87 bits per heavy atom. The van der Waals surface area contributed by atoms with Crippen LogP contribution in [0.5, 0.6) is 0 Å². The SMILES string of the molecule is NC(=O)C[N+]1(CCO)C=CN=C1[N+](=O)[O-]. The van der Waals surface area contributed by atoms with Crippen molar-refractivity contribution in [2.75, 3.05) is 19.7 Å². The van der Waals surface area contributed by atoms with Crippen molar-refractivity contribution in [1.29, 1.82) is 0 Å². The number of carbonyl (C=O) groups excluding carboxylic acids is 1. The topological polar surface area (TPSA) is 119 Å². The Morgan fingerprint density at radius 1 is 1.73 bits per heavy atom. The first-order valence-electron chi connectivity index (χ1n) is 4.18. The number of aliphatic hydroxyl groups is 1. The lowest BCUT2D eigenvalue weighted by Gasteiger charge is -2.24. The minimum atomic E-state index is -0.690. The van der Waals surface area contributed by atoms with Gasteiger partial charge in [-0.3, -0.25) is 4.79 Å². The Labute approximate surface area is 85.0 Å². The highest BCUT2D eigenvalue weighted by Gasteiger charge is 2.46. The quantitative estimate of drug-likeness (QED) is 0.333. The van der Waals surface area contributed by atoms with E-state index in [1.807, 2.05) is 0 Å². The average Bonchev–Trinajstić information content (AvgIpc) is 2.47. The van der Waals surface area contributed by atoms with Crippen LogP contribution in [0.25, 0.3) is 0 Å². The molecular formula is C7H11N4O4+. The highest BCUT2D eigenvalue weighted by molar-refractivity contribution is 5.78. The summed E-state index contributed by atoms with van der Waals surface area (Å²) in [6.45, 7) is -0.583. The van der Waals surface area contributed by atoms with Crippen LogP contribution >= 0.6 is 0 Å². The van der Waals surface area contributed by atoms with E-state index >= 15 is 0 Å². The summed E-state index contributed by atoms with van der Waals surface area (Å²) in [7, 11) is 0. The number of aliphatic hydroxyl groups excluding tert-OH is 1. The Balaban J connectivity index is 3.00. The summed E-state index contributed by atoms with van der Waals surface area (Å²) < 4.78 is -0.432. The summed E-state index contributed by atoms with van der Waals surface area (Å²) in [4.78, 5) is 24.3. The number of nitrogens with zero attached hydrogens (tertiary/aromatic N) is 3. The molecule has 1 aliphatic heterocycles. The van der Waals surface area contributed by atoms with E-state index in [-0.39, 0.29) is 19.7 Å². The van der Waals surface area contributed by atoms with Gasteiger partial charge in [0, 0.05) is 9.92 Å². The second-order valence-corrected chi connectivity index (χ2v) is 3.09. The number of rotatable bonds is 4. The highest BCUT2D eigenvalue weighted by Crippen LogP contribution is 2.16. The lowest BCUT2D eigenvalue weighted by atomic mass is 10.4. The summed E-state index contributed by atoms with van der Waals surface area (Å²) in [5, 5.41) is 19.5. The van der Waals surface area contributed by atoms with Crippen LogP contribution in [0.3, 0.4) is 0 Å². The number of amides is 1. The van der Waals surface area contributed by atoms with Crippen molar-refractivity contribution in [2.24, 2.45) is 10.7 Å². The van der Waals surface area contributed by atoms with Crippen LogP contribution in [0.1, 0.15) is 0 Å². The molecule has 0 aromatic carbocycles. The number of quaternary nitrogens is 1. The molecule has 1 unspecified atom stereocenters. The smallest absolute Gasteiger partial charge is 0.390 e. The van der Waals surface area contributed by atoms with Crippen LogP contribution < -0.4 is 5.73 Å².